The van der Waals surface area contributed by atoms with E-state index in [2.05, 4.69) is 20.8 Å². The van der Waals surface area contributed by atoms with Gasteiger partial charge in [0.15, 0.2) is 0 Å². The fourth-order valence-electron chi connectivity index (χ4n) is 3.59. The van der Waals surface area contributed by atoms with Crippen molar-refractivity contribution in [2.24, 2.45) is 0 Å². The van der Waals surface area contributed by atoms with Crippen LogP contribution in [0.3, 0.4) is 0 Å². The Kier molecular flexibility index (Phi) is 7.14. The molecule has 4 rings (SSSR count). The summed E-state index contributed by atoms with van der Waals surface area (Å²) in [6.07, 6.45) is 3.65. The molecule has 8 heteroatoms. The van der Waals surface area contributed by atoms with Gasteiger partial charge < -0.3 is 10.6 Å². The number of halogens is 1. The van der Waals surface area contributed by atoms with Gasteiger partial charge in [-0.3, -0.25) is 19.6 Å². The highest BCUT2D eigenvalue weighted by Crippen LogP contribution is 2.22. The Bertz CT molecular complexity index is 1110. The van der Waals surface area contributed by atoms with Crippen molar-refractivity contribution in [3.63, 3.8) is 0 Å². The largest absolute Gasteiger partial charge is 0.349 e. The van der Waals surface area contributed by atoms with Crippen molar-refractivity contribution >= 4 is 17.5 Å². The van der Waals surface area contributed by atoms with Gasteiger partial charge in [0.25, 0.3) is 5.91 Å². The lowest BCUT2D eigenvalue weighted by Crippen LogP contribution is -2.32. The molecule has 1 heterocycles. The van der Waals surface area contributed by atoms with Gasteiger partial charge in [0.05, 0.1) is 23.5 Å². The molecule has 0 bridgehead atoms. The first-order valence-electron chi connectivity index (χ1n) is 11.2. The Morgan fingerprint density at radius 1 is 1.15 bits per heavy atom. The van der Waals surface area contributed by atoms with Gasteiger partial charge in [0.2, 0.25) is 5.91 Å². The average Bonchev–Trinajstić information content (AvgIpc) is 3.48. The van der Waals surface area contributed by atoms with Crippen LogP contribution in [0.2, 0.25) is 0 Å². The number of hydrogen-bond donors (Lipinski definition) is 3. The average molecular weight is 450 g/mol. The molecule has 33 heavy (non-hydrogen) atoms. The topological polar surface area (TPSA) is 90.1 Å². The van der Waals surface area contributed by atoms with Crippen LogP contribution >= 0.6 is 0 Å². The van der Waals surface area contributed by atoms with Crippen molar-refractivity contribution in [3.05, 3.63) is 71.7 Å². The number of carbonyl (C=O) groups excluding carboxylic acids is 2. The van der Waals surface area contributed by atoms with E-state index in [-0.39, 0.29) is 30.2 Å². The maximum absolute atomic E-state index is 13.1. The fraction of sp³-hybridized carbons (Fsp3) is 0.320. The number of H-pyrrole nitrogens is 1. The summed E-state index contributed by atoms with van der Waals surface area (Å²) >= 11 is 0. The monoisotopic (exact) mass is 449 g/mol. The molecule has 2 amide bonds. The van der Waals surface area contributed by atoms with Gasteiger partial charge in [0.1, 0.15) is 5.82 Å². The highest BCUT2D eigenvalue weighted by Gasteiger charge is 2.25. The van der Waals surface area contributed by atoms with E-state index in [1.807, 2.05) is 18.0 Å². The summed E-state index contributed by atoms with van der Waals surface area (Å²) in [5.41, 5.74) is 3.64. The highest BCUT2D eigenvalue weighted by atomic mass is 19.1. The number of aromatic nitrogens is 2. The summed E-state index contributed by atoms with van der Waals surface area (Å²) in [5, 5.41) is 13.1. The number of benzene rings is 2. The second-order valence-corrected chi connectivity index (χ2v) is 8.47. The number of rotatable bonds is 10. The fourth-order valence-corrected chi connectivity index (χ4v) is 3.59. The Morgan fingerprint density at radius 2 is 1.91 bits per heavy atom. The first-order valence-corrected chi connectivity index (χ1v) is 11.2. The number of nitrogens with one attached hydrogen (secondary N) is 3. The lowest BCUT2D eigenvalue weighted by atomic mass is 10.1. The molecule has 1 aliphatic carbocycles. The van der Waals surface area contributed by atoms with E-state index in [1.54, 1.807) is 36.4 Å². The summed E-state index contributed by atoms with van der Waals surface area (Å²) in [4.78, 5) is 26.9. The second-order valence-electron chi connectivity index (χ2n) is 8.47. The van der Waals surface area contributed by atoms with E-state index < -0.39 is 0 Å². The van der Waals surface area contributed by atoms with Crippen LogP contribution < -0.4 is 10.6 Å². The molecule has 0 atom stereocenters. The van der Waals surface area contributed by atoms with Crippen molar-refractivity contribution < 1.29 is 14.0 Å². The number of hydrogen-bond acceptors (Lipinski definition) is 4. The molecular weight excluding hydrogens is 421 g/mol. The third-order valence-corrected chi connectivity index (χ3v) is 5.53. The normalized spacial score (nSPS) is 13.2. The molecule has 1 aliphatic rings. The predicted octanol–water partition coefficient (Wildman–Crippen LogP) is 3.61. The standard InChI is InChI=1S/C25H28FN5O2/c1-31(14-4-5-20-15-23(30-29-20)17-8-10-18(26)11-9-17)16-24(32)28-22-7-3-2-6-21(22)25(33)27-19-12-13-19/h2-3,6-11,15,19H,4-5,12-14,16H2,1H3,(H,27,33)(H,28,32)(H,29,30). The predicted molar refractivity (Wildman–Crippen MR) is 125 cm³/mol. The first-order chi connectivity index (χ1) is 16.0. The minimum atomic E-state index is -0.272. The lowest BCUT2D eigenvalue weighted by molar-refractivity contribution is -0.117. The van der Waals surface area contributed by atoms with Crippen molar-refractivity contribution in [2.75, 3.05) is 25.5 Å². The van der Waals surface area contributed by atoms with Gasteiger partial charge in [-0.25, -0.2) is 4.39 Å². The van der Waals surface area contributed by atoms with Crippen LogP contribution in [0.5, 0.6) is 0 Å². The molecular formula is C25H28FN5O2. The zero-order valence-electron chi connectivity index (χ0n) is 18.6. The summed E-state index contributed by atoms with van der Waals surface area (Å²) in [6, 6.07) is 15.5. The summed E-state index contributed by atoms with van der Waals surface area (Å²) in [5.74, 6) is -0.586. The first kappa shape index (κ1) is 22.7. The molecule has 3 aromatic rings. The van der Waals surface area contributed by atoms with Crippen molar-refractivity contribution in [3.8, 4) is 11.3 Å². The van der Waals surface area contributed by atoms with Gasteiger partial charge in [-0.1, -0.05) is 12.1 Å². The molecule has 3 N–H and O–H groups in total. The molecule has 0 spiro atoms. The molecule has 0 aliphatic heterocycles. The number of carbonyl (C=O) groups is 2. The number of para-hydroxylation sites is 1. The minimum absolute atomic E-state index is 0.152. The van der Waals surface area contributed by atoms with Crippen LogP contribution in [-0.2, 0) is 11.2 Å². The second kappa shape index (κ2) is 10.4. The smallest absolute Gasteiger partial charge is 0.253 e. The molecule has 0 unspecified atom stereocenters. The van der Waals surface area contributed by atoms with E-state index in [9.17, 15) is 14.0 Å². The van der Waals surface area contributed by atoms with Crippen molar-refractivity contribution in [1.29, 1.82) is 0 Å². The Balaban J connectivity index is 1.23. The highest BCUT2D eigenvalue weighted by molar-refractivity contribution is 6.04. The Morgan fingerprint density at radius 3 is 2.67 bits per heavy atom. The number of anilines is 1. The van der Waals surface area contributed by atoms with E-state index in [0.717, 1.165) is 49.2 Å². The molecule has 0 saturated heterocycles. The number of nitrogens with zero attached hydrogens (tertiary/aromatic N) is 2. The molecule has 1 saturated carbocycles. The third kappa shape index (κ3) is 6.49. The van der Waals surface area contributed by atoms with Gasteiger partial charge >= 0.3 is 0 Å². The lowest BCUT2D eigenvalue weighted by Gasteiger charge is -2.17. The van der Waals surface area contributed by atoms with Crippen LogP contribution in [0.25, 0.3) is 11.3 Å². The molecule has 1 aromatic heterocycles. The molecule has 7 nitrogen and oxygen atoms in total. The zero-order chi connectivity index (χ0) is 23.2. The van der Waals surface area contributed by atoms with Crippen LogP contribution in [-0.4, -0.2) is 53.1 Å². The quantitative estimate of drug-likeness (QED) is 0.441. The van der Waals surface area contributed by atoms with E-state index in [0.29, 0.717) is 11.3 Å². The number of aromatic amines is 1. The van der Waals surface area contributed by atoms with Crippen LogP contribution in [0.4, 0.5) is 10.1 Å². The zero-order valence-corrected chi connectivity index (χ0v) is 18.6. The van der Waals surface area contributed by atoms with E-state index in [1.165, 1.54) is 12.1 Å². The van der Waals surface area contributed by atoms with E-state index >= 15 is 0 Å². The molecule has 2 aromatic carbocycles. The van der Waals surface area contributed by atoms with Gasteiger partial charge in [-0.05, 0) is 81.7 Å². The number of amides is 2. The molecule has 172 valence electrons. The number of likely N-dealkylation sites (N-methyl/N-ethyl adjacent to an activating group) is 1. The molecule has 1 fully saturated rings. The van der Waals surface area contributed by atoms with Crippen molar-refractivity contribution in [1.82, 2.24) is 20.4 Å². The van der Waals surface area contributed by atoms with Crippen molar-refractivity contribution in [2.45, 2.75) is 31.7 Å². The van der Waals surface area contributed by atoms with Crippen LogP contribution in [0, 0.1) is 5.82 Å². The Labute approximate surface area is 192 Å². The third-order valence-electron chi connectivity index (χ3n) is 5.53. The minimum Gasteiger partial charge on any atom is -0.349 e. The Hall–Kier alpha value is -3.52. The SMILES string of the molecule is CN(CCCc1cc(-c2ccc(F)cc2)n[nH]1)CC(=O)Nc1ccccc1C(=O)NC1CC1. The van der Waals surface area contributed by atoms with Crippen LogP contribution in [0.15, 0.2) is 54.6 Å². The van der Waals surface area contributed by atoms with Crippen LogP contribution in [0.1, 0.15) is 35.3 Å². The molecule has 0 radical (unpaired) electrons. The summed E-state index contributed by atoms with van der Waals surface area (Å²) in [7, 11) is 1.89. The number of aryl methyl sites for hydroxylation is 1. The summed E-state index contributed by atoms with van der Waals surface area (Å²) in [6.45, 7) is 0.949. The van der Waals surface area contributed by atoms with Gasteiger partial charge in [0, 0.05) is 17.3 Å². The maximum Gasteiger partial charge on any atom is 0.253 e. The van der Waals surface area contributed by atoms with Gasteiger partial charge in [-0.15, -0.1) is 0 Å². The van der Waals surface area contributed by atoms with Gasteiger partial charge in [-0.2, -0.15) is 5.10 Å². The van der Waals surface area contributed by atoms with E-state index in [4.69, 9.17) is 0 Å². The maximum atomic E-state index is 13.1. The summed E-state index contributed by atoms with van der Waals surface area (Å²) < 4.78 is 13.1.